The van der Waals surface area contributed by atoms with Crippen molar-refractivity contribution in [2.45, 2.75) is 70.5 Å². The predicted octanol–water partition coefficient (Wildman–Crippen LogP) is 5.77. The molecule has 1 saturated heterocycles. The summed E-state index contributed by atoms with van der Waals surface area (Å²) in [7, 11) is 0. The van der Waals surface area contributed by atoms with Crippen molar-refractivity contribution in [3.05, 3.63) is 74.9 Å². The average Bonchev–Trinajstić information content (AvgIpc) is 3.55. The number of aromatic nitrogens is 6. The molecule has 0 bridgehead atoms. The number of hydrogen-bond donors (Lipinski definition) is 2. The van der Waals surface area contributed by atoms with Crippen molar-refractivity contribution in [2.24, 2.45) is 0 Å². The van der Waals surface area contributed by atoms with Crippen LogP contribution in [0.2, 0.25) is 10.0 Å². The minimum Gasteiger partial charge on any atom is -0.444 e. The quantitative estimate of drug-likeness (QED) is 0.224. The van der Waals surface area contributed by atoms with Gasteiger partial charge in [0, 0.05) is 36.8 Å². The second kappa shape index (κ2) is 13.8. The number of nitrogens with zero attached hydrogens (tertiary/aromatic N) is 7. The Morgan fingerprint density at radius 3 is 2.33 bits per heavy atom. The molecule has 0 radical (unpaired) electrons. The van der Waals surface area contributed by atoms with E-state index in [4.69, 9.17) is 27.9 Å². The first-order valence-electron chi connectivity index (χ1n) is 15.2. The van der Waals surface area contributed by atoms with Crippen LogP contribution in [0.5, 0.6) is 0 Å². The monoisotopic (exact) mass is 710 g/mol. The molecule has 2 aromatic heterocycles. The zero-order valence-corrected chi connectivity index (χ0v) is 28.0. The van der Waals surface area contributed by atoms with Crippen LogP contribution in [0.4, 0.5) is 23.9 Å². The van der Waals surface area contributed by atoms with Crippen LogP contribution in [0.3, 0.4) is 0 Å². The molecule has 17 heteroatoms. The number of nitrogens with one attached hydrogen (secondary N) is 1. The van der Waals surface area contributed by atoms with Crippen molar-refractivity contribution in [3.63, 3.8) is 0 Å². The summed E-state index contributed by atoms with van der Waals surface area (Å²) in [5, 5.41) is 24.1. The standard InChI is InChI=1S/C31H35Cl2F3N8O4/c1-29(2,3)48-28(46)41-15-12-30(47,13-16-41)19-37-26-38-24(39-44(26)23-7-5-4-6-22(23)33)18-43-27(45)42(17-14-31(34,35)36)25(40-43)20-8-10-21(32)11-9-20/h4-11,47H,12-19H2,1-3H3,(H,37,38,39). The van der Waals surface area contributed by atoms with Gasteiger partial charge in [-0.3, -0.25) is 4.57 Å². The van der Waals surface area contributed by atoms with E-state index in [-0.39, 0.29) is 56.6 Å². The maximum absolute atomic E-state index is 13.4. The number of aliphatic hydroxyl groups is 1. The van der Waals surface area contributed by atoms with E-state index < -0.39 is 42.1 Å². The number of benzene rings is 2. The molecule has 1 aliphatic heterocycles. The van der Waals surface area contributed by atoms with Gasteiger partial charge >= 0.3 is 18.0 Å². The average molecular weight is 712 g/mol. The molecule has 0 aliphatic carbocycles. The van der Waals surface area contributed by atoms with E-state index >= 15 is 0 Å². The summed E-state index contributed by atoms with van der Waals surface area (Å²) in [5.74, 6) is 0.336. The topological polar surface area (TPSA) is 132 Å². The number of para-hydroxylation sites is 1. The SMILES string of the molecule is CC(C)(C)OC(=O)N1CCC(O)(CNc2nc(Cn3nc(-c4ccc(Cl)cc4)n(CCC(F)(F)F)c3=O)nn2-c2ccccc2Cl)CC1. The molecule has 258 valence electrons. The molecule has 5 rings (SSSR count). The van der Waals surface area contributed by atoms with Crippen LogP contribution < -0.4 is 11.0 Å². The van der Waals surface area contributed by atoms with Crippen LogP contribution in [0.15, 0.2) is 53.3 Å². The van der Waals surface area contributed by atoms with Crippen LogP contribution in [0.25, 0.3) is 17.1 Å². The molecular weight excluding hydrogens is 676 g/mol. The van der Waals surface area contributed by atoms with Crippen LogP contribution >= 0.6 is 23.2 Å². The molecule has 1 aliphatic rings. The van der Waals surface area contributed by atoms with Gasteiger partial charge in [0.25, 0.3) is 0 Å². The minimum atomic E-state index is -4.49. The molecular formula is C31H35Cl2F3N8O4. The van der Waals surface area contributed by atoms with Crippen molar-refractivity contribution in [1.82, 2.24) is 34.0 Å². The normalized spacial score (nSPS) is 15.1. The summed E-state index contributed by atoms with van der Waals surface area (Å²) >= 11 is 12.5. The number of ether oxygens (including phenoxy) is 1. The van der Waals surface area contributed by atoms with E-state index in [0.29, 0.717) is 21.3 Å². The Labute approximate surface area is 284 Å². The molecule has 2 aromatic carbocycles. The van der Waals surface area contributed by atoms with Gasteiger partial charge in [-0.1, -0.05) is 35.3 Å². The van der Waals surface area contributed by atoms with E-state index in [1.165, 1.54) is 4.68 Å². The first-order valence-corrected chi connectivity index (χ1v) is 15.9. The maximum Gasteiger partial charge on any atom is 0.410 e. The van der Waals surface area contributed by atoms with Gasteiger partial charge in [0.1, 0.15) is 12.1 Å². The lowest BCUT2D eigenvalue weighted by atomic mass is 9.91. The zero-order chi connectivity index (χ0) is 34.9. The molecule has 2 N–H and O–H groups in total. The number of rotatable bonds is 9. The number of alkyl halides is 3. The number of amides is 1. The Morgan fingerprint density at radius 1 is 1.04 bits per heavy atom. The third-order valence-corrected chi connectivity index (χ3v) is 8.16. The molecule has 0 atom stereocenters. The number of piperidine rings is 1. The van der Waals surface area contributed by atoms with E-state index in [0.717, 1.165) is 9.25 Å². The summed E-state index contributed by atoms with van der Waals surface area (Å²) in [6.45, 7) is 5.05. The molecule has 1 fully saturated rings. The Bertz CT molecular complexity index is 1810. The smallest absolute Gasteiger partial charge is 0.410 e. The van der Waals surface area contributed by atoms with Gasteiger partial charge in [0.15, 0.2) is 11.6 Å². The van der Waals surface area contributed by atoms with Gasteiger partial charge < -0.3 is 20.1 Å². The summed E-state index contributed by atoms with van der Waals surface area (Å²) < 4.78 is 48.3. The summed E-state index contributed by atoms with van der Waals surface area (Å²) in [6, 6.07) is 13.1. The number of likely N-dealkylation sites (tertiary alicyclic amines) is 1. The first-order chi connectivity index (χ1) is 22.5. The van der Waals surface area contributed by atoms with E-state index in [9.17, 15) is 27.9 Å². The number of hydrogen-bond acceptors (Lipinski definition) is 8. The first kappa shape index (κ1) is 35.2. The van der Waals surface area contributed by atoms with E-state index in [1.807, 2.05) is 0 Å². The van der Waals surface area contributed by atoms with Crippen LogP contribution in [0.1, 0.15) is 45.9 Å². The highest BCUT2D eigenvalue weighted by molar-refractivity contribution is 6.32. The molecule has 4 aromatic rings. The largest absolute Gasteiger partial charge is 0.444 e. The van der Waals surface area contributed by atoms with Gasteiger partial charge in [-0.2, -0.15) is 22.8 Å². The van der Waals surface area contributed by atoms with Gasteiger partial charge in [-0.05, 0) is 70.0 Å². The highest BCUT2D eigenvalue weighted by Gasteiger charge is 2.36. The molecule has 48 heavy (non-hydrogen) atoms. The van der Waals surface area contributed by atoms with E-state index in [1.54, 1.807) is 74.2 Å². The molecule has 0 unspecified atom stereocenters. The Morgan fingerprint density at radius 2 is 1.71 bits per heavy atom. The van der Waals surface area contributed by atoms with Crippen LogP contribution in [0, 0.1) is 0 Å². The van der Waals surface area contributed by atoms with Crippen molar-refractivity contribution >= 4 is 35.2 Å². The Hall–Kier alpha value is -4.08. The lowest BCUT2D eigenvalue weighted by Crippen LogP contribution is -2.51. The van der Waals surface area contributed by atoms with Gasteiger partial charge in [0.05, 0.1) is 22.7 Å². The number of halogens is 5. The third kappa shape index (κ3) is 8.68. The van der Waals surface area contributed by atoms with Gasteiger partial charge in [0.2, 0.25) is 5.95 Å². The Kier molecular flexibility index (Phi) is 10.1. The van der Waals surface area contributed by atoms with Gasteiger partial charge in [-0.25, -0.2) is 14.3 Å². The fourth-order valence-electron chi connectivity index (χ4n) is 5.11. The maximum atomic E-state index is 13.4. The van der Waals surface area contributed by atoms with Gasteiger partial charge in [-0.15, -0.1) is 10.2 Å². The lowest BCUT2D eigenvalue weighted by molar-refractivity contribution is -0.136. The van der Waals surface area contributed by atoms with Crippen LogP contribution in [-0.4, -0.2) is 82.2 Å². The number of anilines is 1. The fourth-order valence-corrected chi connectivity index (χ4v) is 5.45. The van der Waals surface area contributed by atoms with Crippen molar-refractivity contribution < 1.29 is 27.8 Å². The predicted molar refractivity (Wildman–Crippen MR) is 174 cm³/mol. The second-order valence-corrected chi connectivity index (χ2v) is 13.4. The number of carbonyl (C=O) groups excluding carboxylic acids is 1. The summed E-state index contributed by atoms with van der Waals surface area (Å²) in [6.07, 6.45) is -5.64. The molecule has 3 heterocycles. The van der Waals surface area contributed by atoms with Crippen molar-refractivity contribution in [2.75, 3.05) is 25.0 Å². The van der Waals surface area contributed by atoms with Crippen LogP contribution in [-0.2, 0) is 17.8 Å². The lowest BCUT2D eigenvalue weighted by Gasteiger charge is -2.38. The highest BCUT2D eigenvalue weighted by Crippen LogP contribution is 2.27. The molecule has 0 saturated carbocycles. The second-order valence-electron chi connectivity index (χ2n) is 12.5. The van der Waals surface area contributed by atoms with Crippen molar-refractivity contribution in [1.29, 1.82) is 0 Å². The molecule has 12 nitrogen and oxygen atoms in total. The van der Waals surface area contributed by atoms with E-state index in [2.05, 4.69) is 20.5 Å². The fraction of sp³-hybridized carbons (Fsp3) is 0.452. The highest BCUT2D eigenvalue weighted by atomic mass is 35.5. The molecule has 0 spiro atoms. The van der Waals surface area contributed by atoms with Crippen molar-refractivity contribution in [3.8, 4) is 17.1 Å². The minimum absolute atomic E-state index is 0.0322. The molecule has 1 amide bonds. The summed E-state index contributed by atoms with van der Waals surface area (Å²) in [5.41, 5.74) is -1.76. The zero-order valence-electron chi connectivity index (χ0n) is 26.5. The summed E-state index contributed by atoms with van der Waals surface area (Å²) in [4.78, 5) is 32.0. The number of carbonyl (C=O) groups is 1. The third-order valence-electron chi connectivity index (χ3n) is 7.59. The Balaban J connectivity index is 1.40.